The van der Waals surface area contributed by atoms with E-state index >= 15 is 0 Å². The Kier molecular flexibility index (Phi) is 4.02. The van der Waals surface area contributed by atoms with Crippen LogP contribution in [0.2, 0.25) is 5.02 Å². The highest BCUT2D eigenvalue weighted by molar-refractivity contribution is 6.30. The minimum atomic E-state index is -0.119. The number of hydrogen-bond donors (Lipinski definition) is 1. The monoisotopic (exact) mass is 247 g/mol. The fraction of sp³-hybridized carbons (Fsp3) is 0.143. The van der Waals surface area contributed by atoms with E-state index in [4.69, 9.17) is 22.1 Å². The van der Waals surface area contributed by atoms with Gasteiger partial charge in [-0.25, -0.2) is 0 Å². The molecular formula is C14H14ClNO. The summed E-state index contributed by atoms with van der Waals surface area (Å²) in [5.74, 6) is 0.779. The Morgan fingerprint density at radius 3 is 2.29 bits per heavy atom. The standard InChI is InChI=1S/C14H14ClNO/c15-12-6-8-13(9-7-12)17-10-14(16)11-4-2-1-3-5-11/h1-9,14H,10,16H2/t14-/m1/s1. The average Bonchev–Trinajstić information content (AvgIpc) is 2.39. The van der Waals surface area contributed by atoms with E-state index in [1.54, 1.807) is 12.1 Å². The van der Waals surface area contributed by atoms with Crippen LogP contribution in [-0.4, -0.2) is 6.61 Å². The summed E-state index contributed by atoms with van der Waals surface area (Å²) in [6.45, 7) is 0.450. The minimum absolute atomic E-state index is 0.119. The van der Waals surface area contributed by atoms with Crippen LogP contribution in [0.5, 0.6) is 5.75 Å². The molecule has 0 unspecified atom stereocenters. The summed E-state index contributed by atoms with van der Waals surface area (Å²) < 4.78 is 5.59. The molecule has 2 nitrogen and oxygen atoms in total. The second-order valence-corrected chi connectivity index (χ2v) is 4.22. The van der Waals surface area contributed by atoms with E-state index in [1.807, 2.05) is 42.5 Å². The van der Waals surface area contributed by atoms with Gasteiger partial charge in [0.1, 0.15) is 12.4 Å². The summed E-state index contributed by atoms with van der Waals surface area (Å²) in [5, 5.41) is 0.699. The molecule has 0 saturated carbocycles. The molecule has 3 heteroatoms. The van der Waals surface area contributed by atoms with Crippen molar-refractivity contribution in [3.8, 4) is 5.75 Å². The molecule has 0 bridgehead atoms. The van der Waals surface area contributed by atoms with Crippen LogP contribution in [0.1, 0.15) is 11.6 Å². The first-order valence-corrected chi connectivity index (χ1v) is 5.82. The Hall–Kier alpha value is -1.51. The fourth-order valence-electron chi connectivity index (χ4n) is 1.51. The number of ether oxygens (including phenoxy) is 1. The molecule has 0 saturated heterocycles. The lowest BCUT2D eigenvalue weighted by molar-refractivity contribution is 0.290. The van der Waals surface area contributed by atoms with Gasteiger partial charge >= 0.3 is 0 Å². The third kappa shape index (κ3) is 3.48. The molecule has 2 N–H and O–H groups in total. The maximum Gasteiger partial charge on any atom is 0.119 e. The van der Waals surface area contributed by atoms with Gasteiger partial charge in [0.25, 0.3) is 0 Å². The van der Waals surface area contributed by atoms with Crippen molar-refractivity contribution in [3.05, 3.63) is 65.2 Å². The highest BCUT2D eigenvalue weighted by Gasteiger charge is 2.05. The first-order valence-electron chi connectivity index (χ1n) is 5.44. The topological polar surface area (TPSA) is 35.2 Å². The Morgan fingerprint density at radius 1 is 1.00 bits per heavy atom. The lowest BCUT2D eigenvalue weighted by atomic mass is 10.1. The van der Waals surface area contributed by atoms with Crippen LogP contribution < -0.4 is 10.5 Å². The quantitative estimate of drug-likeness (QED) is 0.899. The second-order valence-electron chi connectivity index (χ2n) is 3.78. The first kappa shape index (κ1) is 12.0. The van der Waals surface area contributed by atoms with Gasteiger partial charge in [0.2, 0.25) is 0 Å². The van der Waals surface area contributed by atoms with Crippen LogP contribution in [-0.2, 0) is 0 Å². The van der Waals surface area contributed by atoms with Gasteiger partial charge in [0.15, 0.2) is 0 Å². The van der Waals surface area contributed by atoms with Gasteiger partial charge < -0.3 is 10.5 Å². The summed E-state index contributed by atoms with van der Waals surface area (Å²) in [6.07, 6.45) is 0. The molecule has 0 heterocycles. The van der Waals surface area contributed by atoms with E-state index in [1.165, 1.54) is 0 Å². The molecule has 0 fully saturated rings. The summed E-state index contributed by atoms with van der Waals surface area (Å²) in [4.78, 5) is 0. The van der Waals surface area contributed by atoms with Crippen molar-refractivity contribution < 1.29 is 4.74 Å². The van der Waals surface area contributed by atoms with Gasteiger partial charge in [-0.2, -0.15) is 0 Å². The fourth-order valence-corrected chi connectivity index (χ4v) is 1.64. The van der Waals surface area contributed by atoms with Crippen LogP contribution in [0.3, 0.4) is 0 Å². The van der Waals surface area contributed by atoms with E-state index < -0.39 is 0 Å². The number of rotatable bonds is 4. The van der Waals surface area contributed by atoms with E-state index in [-0.39, 0.29) is 6.04 Å². The summed E-state index contributed by atoms with van der Waals surface area (Å²) in [7, 11) is 0. The molecule has 1 atom stereocenters. The molecule has 2 aromatic rings. The predicted molar refractivity (Wildman–Crippen MR) is 70.3 cm³/mol. The van der Waals surface area contributed by atoms with Crippen LogP contribution >= 0.6 is 11.6 Å². The average molecular weight is 248 g/mol. The predicted octanol–water partition coefficient (Wildman–Crippen LogP) is 3.42. The zero-order chi connectivity index (χ0) is 12.1. The number of benzene rings is 2. The largest absolute Gasteiger partial charge is 0.492 e. The van der Waals surface area contributed by atoms with E-state index in [0.717, 1.165) is 11.3 Å². The maximum atomic E-state index is 6.02. The first-order chi connectivity index (χ1) is 8.25. The molecule has 0 aliphatic heterocycles. The van der Waals surface area contributed by atoms with E-state index in [9.17, 15) is 0 Å². The Labute approximate surface area is 106 Å². The van der Waals surface area contributed by atoms with E-state index in [0.29, 0.717) is 11.6 Å². The van der Waals surface area contributed by atoms with Crippen molar-refractivity contribution in [2.75, 3.05) is 6.61 Å². The van der Waals surface area contributed by atoms with Crippen molar-refractivity contribution in [2.24, 2.45) is 5.73 Å². The molecule has 0 radical (unpaired) electrons. The lowest BCUT2D eigenvalue weighted by Gasteiger charge is -2.13. The maximum absolute atomic E-state index is 6.02. The lowest BCUT2D eigenvalue weighted by Crippen LogP contribution is -2.18. The minimum Gasteiger partial charge on any atom is -0.492 e. The zero-order valence-corrected chi connectivity index (χ0v) is 10.1. The van der Waals surface area contributed by atoms with Crippen molar-refractivity contribution in [1.29, 1.82) is 0 Å². The molecule has 2 rings (SSSR count). The Morgan fingerprint density at radius 2 is 1.65 bits per heavy atom. The van der Waals surface area contributed by atoms with Gasteiger partial charge in [-0.15, -0.1) is 0 Å². The van der Waals surface area contributed by atoms with Crippen LogP contribution in [0, 0.1) is 0 Å². The third-order valence-electron chi connectivity index (χ3n) is 2.47. The van der Waals surface area contributed by atoms with Crippen molar-refractivity contribution in [2.45, 2.75) is 6.04 Å². The molecule has 0 spiro atoms. The normalized spacial score (nSPS) is 12.1. The zero-order valence-electron chi connectivity index (χ0n) is 9.34. The van der Waals surface area contributed by atoms with Crippen LogP contribution in [0.4, 0.5) is 0 Å². The highest BCUT2D eigenvalue weighted by Crippen LogP contribution is 2.17. The van der Waals surface area contributed by atoms with Crippen molar-refractivity contribution in [3.63, 3.8) is 0 Å². The molecule has 2 aromatic carbocycles. The van der Waals surface area contributed by atoms with Crippen molar-refractivity contribution >= 4 is 11.6 Å². The van der Waals surface area contributed by atoms with E-state index in [2.05, 4.69) is 0 Å². The number of halogens is 1. The van der Waals surface area contributed by atoms with Crippen LogP contribution in [0.25, 0.3) is 0 Å². The molecule has 88 valence electrons. The van der Waals surface area contributed by atoms with Crippen molar-refractivity contribution in [1.82, 2.24) is 0 Å². The Balaban J connectivity index is 1.92. The molecule has 0 aromatic heterocycles. The molecule has 0 aliphatic rings. The molecular weight excluding hydrogens is 234 g/mol. The van der Waals surface area contributed by atoms with Gasteiger partial charge in [-0.1, -0.05) is 41.9 Å². The number of nitrogens with two attached hydrogens (primary N) is 1. The van der Waals surface area contributed by atoms with Gasteiger partial charge in [0.05, 0.1) is 6.04 Å². The van der Waals surface area contributed by atoms with Gasteiger partial charge in [-0.05, 0) is 29.8 Å². The summed E-state index contributed by atoms with van der Waals surface area (Å²) in [6, 6.07) is 17.0. The third-order valence-corrected chi connectivity index (χ3v) is 2.72. The van der Waals surface area contributed by atoms with Gasteiger partial charge in [-0.3, -0.25) is 0 Å². The highest BCUT2D eigenvalue weighted by atomic mass is 35.5. The van der Waals surface area contributed by atoms with Gasteiger partial charge in [0, 0.05) is 5.02 Å². The SMILES string of the molecule is N[C@H](COc1ccc(Cl)cc1)c1ccccc1. The summed E-state index contributed by atoms with van der Waals surface area (Å²) >= 11 is 5.79. The molecule has 0 amide bonds. The second kappa shape index (κ2) is 5.71. The number of hydrogen-bond acceptors (Lipinski definition) is 2. The molecule has 0 aliphatic carbocycles. The molecule has 17 heavy (non-hydrogen) atoms. The summed E-state index contributed by atoms with van der Waals surface area (Å²) in [5.41, 5.74) is 7.09. The Bertz CT molecular complexity index is 455. The van der Waals surface area contributed by atoms with Crippen LogP contribution in [0.15, 0.2) is 54.6 Å². The smallest absolute Gasteiger partial charge is 0.119 e.